The van der Waals surface area contributed by atoms with Gasteiger partial charge in [-0.1, -0.05) is 0 Å². The lowest BCUT2D eigenvalue weighted by Crippen LogP contribution is -2.38. The van der Waals surface area contributed by atoms with Crippen LogP contribution in [0.15, 0.2) is 0 Å². The molecule has 1 amide bonds. The molecule has 3 heteroatoms. The number of nitrogens with zero attached hydrogens (tertiary/aromatic N) is 1. The number of rotatable bonds is 2. The Balaban J connectivity index is 2.56. The van der Waals surface area contributed by atoms with Crippen molar-refractivity contribution in [2.75, 3.05) is 7.11 Å². The maximum Gasteiger partial charge on any atom is 0.243 e. The number of hydrogen-bond acceptors (Lipinski definition) is 2. The van der Waals surface area contributed by atoms with Crippen LogP contribution in [-0.2, 0) is 9.63 Å². The molecule has 1 rings (SSSR count). The Morgan fingerprint density at radius 3 is 2.75 bits per heavy atom. The van der Waals surface area contributed by atoms with Crippen molar-refractivity contribution >= 4 is 5.91 Å². The van der Waals surface area contributed by atoms with E-state index in [-0.39, 0.29) is 11.9 Å². The van der Waals surface area contributed by atoms with Gasteiger partial charge in [0.1, 0.15) is 0 Å². The van der Waals surface area contributed by atoms with Crippen molar-refractivity contribution in [2.24, 2.45) is 0 Å². The Morgan fingerprint density at radius 1 is 1.58 bits per heavy atom. The van der Waals surface area contributed by atoms with Crippen molar-refractivity contribution < 1.29 is 9.63 Å². The van der Waals surface area contributed by atoms with E-state index in [2.05, 4.69) is 11.8 Å². The van der Waals surface area contributed by atoms with E-state index in [0.717, 1.165) is 19.3 Å². The third-order valence-electron chi connectivity index (χ3n) is 1.90. The number of carbonyl (C=O) groups excluding carboxylic acids is 1. The van der Waals surface area contributed by atoms with Crippen LogP contribution < -0.4 is 0 Å². The van der Waals surface area contributed by atoms with Crippen LogP contribution in [0.1, 0.15) is 26.2 Å². The number of carbonyl (C=O) groups is 1. The molecule has 0 N–H and O–H groups in total. The van der Waals surface area contributed by atoms with Gasteiger partial charge in [-0.3, -0.25) is 9.63 Å². The zero-order chi connectivity index (χ0) is 8.97. The van der Waals surface area contributed by atoms with E-state index in [1.807, 2.05) is 0 Å². The Kier molecular flexibility index (Phi) is 3.12. The van der Waals surface area contributed by atoms with E-state index in [0.29, 0.717) is 0 Å². The van der Waals surface area contributed by atoms with Crippen LogP contribution in [-0.4, -0.2) is 24.1 Å². The number of hydrogen-bond donors (Lipinski definition) is 0. The minimum Gasteiger partial charge on any atom is -0.274 e. The van der Waals surface area contributed by atoms with Crippen molar-refractivity contribution in [3.8, 4) is 11.8 Å². The van der Waals surface area contributed by atoms with E-state index in [4.69, 9.17) is 4.84 Å². The van der Waals surface area contributed by atoms with E-state index in [1.54, 1.807) is 0 Å². The third kappa shape index (κ3) is 1.99. The number of hydroxylamine groups is 2. The summed E-state index contributed by atoms with van der Waals surface area (Å²) in [5, 5.41) is 1.41. The lowest BCUT2D eigenvalue weighted by molar-refractivity contribution is -0.186. The highest BCUT2D eigenvalue weighted by molar-refractivity contribution is 5.72. The maximum atomic E-state index is 11.0. The molecule has 0 bridgehead atoms. The van der Waals surface area contributed by atoms with E-state index in [9.17, 15) is 4.79 Å². The van der Waals surface area contributed by atoms with Gasteiger partial charge in [-0.15, -0.1) is 11.8 Å². The first-order valence-electron chi connectivity index (χ1n) is 4.05. The Hall–Kier alpha value is -1.01. The van der Waals surface area contributed by atoms with Crippen LogP contribution in [0, 0.1) is 11.8 Å². The lowest BCUT2D eigenvalue weighted by Gasteiger charge is -2.27. The molecular weight excluding hydrogens is 154 g/mol. The van der Waals surface area contributed by atoms with Crippen molar-refractivity contribution in [1.82, 2.24) is 5.06 Å². The lowest BCUT2D eigenvalue weighted by atomic mass is 10.0. The smallest absolute Gasteiger partial charge is 0.243 e. The summed E-state index contributed by atoms with van der Waals surface area (Å²) >= 11 is 0. The standard InChI is InChI=1S/C9H13NO2/c1-8(11)10(12-2)9-6-4-3-5-7-9/h9H,4,6-7H2,1-2H3. The fourth-order valence-electron chi connectivity index (χ4n) is 1.35. The molecule has 1 atom stereocenters. The predicted octanol–water partition coefficient (Wildman–Crippen LogP) is 0.952. The van der Waals surface area contributed by atoms with Crippen LogP contribution in [0.3, 0.4) is 0 Å². The van der Waals surface area contributed by atoms with Crippen LogP contribution in [0.4, 0.5) is 0 Å². The SMILES string of the molecule is CON(C(C)=O)C1CC#CCC1. The van der Waals surface area contributed by atoms with Gasteiger partial charge in [0.25, 0.3) is 0 Å². The zero-order valence-corrected chi connectivity index (χ0v) is 7.46. The summed E-state index contributed by atoms with van der Waals surface area (Å²) in [7, 11) is 1.52. The predicted molar refractivity (Wildman–Crippen MR) is 44.9 cm³/mol. The Morgan fingerprint density at radius 2 is 2.33 bits per heavy atom. The highest BCUT2D eigenvalue weighted by Gasteiger charge is 2.20. The monoisotopic (exact) mass is 167 g/mol. The average molecular weight is 167 g/mol. The molecule has 0 spiro atoms. The maximum absolute atomic E-state index is 11.0. The molecule has 0 saturated carbocycles. The van der Waals surface area contributed by atoms with Gasteiger partial charge >= 0.3 is 0 Å². The van der Waals surface area contributed by atoms with Crippen molar-refractivity contribution in [3.05, 3.63) is 0 Å². The van der Waals surface area contributed by atoms with Gasteiger partial charge in [0.05, 0.1) is 13.2 Å². The summed E-state index contributed by atoms with van der Waals surface area (Å²) < 4.78 is 0. The summed E-state index contributed by atoms with van der Waals surface area (Å²) in [4.78, 5) is 16.0. The summed E-state index contributed by atoms with van der Waals surface area (Å²) in [6.07, 6.45) is 2.51. The topological polar surface area (TPSA) is 29.5 Å². The van der Waals surface area contributed by atoms with Gasteiger partial charge in [0, 0.05) is 19.8 Å². The normalized spacial score (nSPS) is 21.0. The van der Waals surface area contributed by atoms with Gasteiger partial charge in [-0.25, -0.2) is 5.06 Å². The summed E-state index contributed by atoms with van der Waals surface area (Å²) in [5.41, 5.74) is 0. The van der Waals surface area contributed by atoms with Crippen LogP contribution in [0.25, 0.3) is 0 Å². The first-order valence-corrected chi connectivity index (χ1v) is 4.05. The van der Waals surface area contributed by atoms with Gasteiger partial charge in [0.15, 0.2) is 0 Å². The van der Waals surface area contributed by atoms with Crippen molar-refractivity contribution in [3.63, 3.8) is 0 Å². The molecule has 0 aromatic heterocycles. The van der Waals surface area contributed by atoms with Gasteiger partial charge in [0.2, 0.25) is 5.91 Å². The highest BCUT2D eigenvalue weighted by Crippen LogP contribution is 2.13. The molecule has 1 unspecified atom stereocenters. The van der Waals surface area contributed by atoms with Crippen molar-refractivity contribution in [1.29, 1.82) is 0 Å². The minimum atomic E-state index is -0.0498. The molecule has 0 saturated heterocycles. The fourth-order valence-corrected chi connectivity index (χ4v) is 1.35. The molecule has 3 nitrogen and oxygen atoms in total. The molecule has 66 valence electrons. The molecule has 0 radical (unpaired) electrons. The van der Waals surface area contributed by atoms with Crippen LogP contribution in [0.2, 0.25) is 0 Å². The first-order chi connectivity index (χ1) is 5.75. The average Bonchev–Trinajstić information content (AvgIpc) is 2.07. The molecule has 0 heterocycles. The largest absolute Gasteiger partial charge is 0.274 e. The molecule has 12 heavy (non-hydrogen) atoms. The molecule has 0 aliphatic heterocycles. The van der Waals surface area contributed by atoms with Crippen molar-refractivity contribution in [2.45, 2.75) is 32.2 Å². The van der Waals surface area contributed by atoms with E-state index < -0.39 is 0 Å². The van der Waals surface area contributed by atoms with E-state index >= 15 is 0 Å². The van der Waals surface area contributed by atoms with Gasteiger partial charge in [-0.05, 0) is 6.42 Å². The third-order valence-corrected chi connectivity index (χ3v) is 1.90. The molecule has 0 aromatic carbocycles. The summed E-state index contributed by atoms with van der Waals surface area (Å²) in [6.45, 7) is 1.51. The first kappa shape index (κ1) is 9.08. The Bertz CT molecular complexity index is 226. The second kappa shape index (κ2) is 4.13. The molecule has 0 aromatic rings. The second-order valence-corrected chi connectivity index (χ2v) is 2.78. The zero-order valence-electron chi connectivity index (χ0n) is 7.46. The highest BCUT2D eigenvalue weighted by atomic mass is 16.7. The summed E-state index contributed by atoms with van der Waals surface area (Å²) in [6, 6.07) is 0.147. The Labute approximate surface area is 72.6 Å². The molecular formula is C9H13NO2. The molecule has 0 fully saturated rings. The minimum absolute atomic E-state index is 0.0498. The van der Waals surface area contributed by atoms with Gasteiger partial charge in [-0.2, -0.15) is 0 Å². The quantitative estimate of drug-likeness (QED) is 0.452. The molecule has 1 aliphatic rings. The molecule has 1 aliphatic carbocycles. The van der Waals surface area contributed by atoms with Crippen LogP contribution in [0.5, 0.6) is 0 Å². The summed E-state index contributed by atoms with van der Waals surface area (Å²) in [5.74, 6) is 5.92. The van der Waals surface area contributed by atoms with Crippen LogP contribution >= 0.6 is 0 Å². The second-order valence-electron chi connectivity index (χ2n) is 2.78. The fraction of sp³-hybridized carbons (Fsp3) is 0.667. The van der Waals surface area contributed by atoms with E-state index in [1.165, 1.54) is 19.1 Å². The van der Waals surface area contributed by atoms with Gasteiger partial charge < -0.3 is 0 Å². The number of amides is 1.